The van der Waals surface area contributed by atoms with E-state index in [4.69, 9.17) is 32.9 Å². The van der Waals surface area contributed by atoms with E-state index in [1.165, 1.54) is 0 Å². The molecule has 166 valence electrons. The molecule has 0 saturated heterocycles. The second kappa shape index (κ2) is 9.60. The Morgan fingerprint density at radius 3 is 2.56 bits per heavy atom. The van der Waals surface area contributed by atoms with Gasteiger partial charge in [0.15, 0.2) is 5.78 Å². The Labute approximate surface area is 198 Å². The maximum Gasteiger partial charge on any atom is 0.315 e. The first-order valence-corrected chi connectivity index (χ1v) is 11.6. The normalized spacial score (nSPS) is 22.9. The van der Waals surface area contributed by atoms with Crippen molar-refractivity contribution in [3.63, 3.8) is 0 Å². The Hall–Kier alpha value is -2.43. The van der Waals surface area contributed by atoms with Gasteiger partial charge in [-0.1, -0.05) is 66.5 Å². The molecular weight excluding hydrogens is 445 g/mol. The van der Waals surface area contributed by atoms with E-state index in [0.29, 0.717) is 52.8 Å². The van der Waals surface area contributed by atoms with Crippen molar-refractivity contribution in [2.45, 2.75) is 44.9 Å². The van der Waals surface area contributed by atoms with Crippen LogP contribution < -0.4 is 0 Å². The van der Waals surface area contributed by atoms with Gasteiger partial charge in [0.25, 0.3) is 0 Å². The number of aliphatic imine (C=N–C) groups is 1. The molecule has 0 aromatic heterocycles. The third-order valence-electron chi connectivity index (χ3n) is 6.16. The predicted octanol–water partition coefficient (Wildman–Crippen LogP) is 6.52. The first kappa shape index (κ1) is 22.8. The molecule has 1 heterocycles. The van der Waals surface area contributed by atoms with Crippen LogP contribution in [0, 0.1) is 5.92 Å². The van der Waals surface area contributed by atoms with Crippen molar-refractivity contribution in [2.75, 3.05) is 6.61 Å². The average Bonchev–Trinajstić information content (AvgIpc) is 2.77. The average molecular weight is 470 g/mol. The standard InChI is InChI=1S/C26H25Cl2NO3/c1-3-11-32-26(31)23-15(2)29-21-12-17(16-7-5-4-6-8-16)13-22(30)25(21)24(23)19-10-9-18(27)14-20(19)28/h4-10,14,17,23-24H,3,11-13H2,1-2H3. The van der Waals surface area contributed by atoms with Gasteiger partial charge >= 0.3 is 5.97 Å². The molecule has 0 spiro atoms. The van der Waals surface area contributed by atoms with Gasteiger partial charge in [0.2, 0.25) is 0 Å². The number of hydrogen-bond acceptors (Lipinski definition) is 4. The maximum atomic E-state index is 13.5. The Kier molecular flexibility index (Phi) is 6.82. The molecule has 1 aliphatic heterocycles. The zero-order valence-corrected chi connectivity index (χ0v) is 19.6. The molecule has 0 N–H and O–H groups in total. The van der Waals surface area contributed by atoms with Crippen LogP contribution in [0.5, 0.6) is 0 Å². The molecule has 4 nitrogen and oxygen atoms in total. The summed E-state index contributed by atoms with van der Waals surface area (Å²) in [6.45, 7) is 4.09. The highest BCUT2D eigenvalue weighted by Crippen LogP contribution is 2.48. The van der Waals surface area contributed by atoms with E-state index in [2.05, 4.69) is 0 Å². The lowest BCUT2D eigenvalue weighted by atomic mass is 9.69. The number of carbonyl (C=O) groups excluding carboxylic acids is 2. The van der Waals surface area contributed by atoms with Gasteiger partial charge < -0.3 is 4.74 Å². The first-order chi connectivity index (χ1) is 15.4. The van der Waals surface area contributed by atoms with Gasteiger partial charge in [0.05, 0.1) is 6.61 Å². The summed E-state index contributed by atoms with van der Waals surface area (Å²) in [6, 6.07) is 15.2. The topological polar surface area (TPSA) is 55.7 Å². The number of rotatable bonds is 5. The van der Waals surface area contributed by atoms with Crippen LogP contribution in [0.15, 0.2) is 64.8 Å². The summed E-state index contributed by atoms with van der Waals surface area (Å²) in [5.41, 5.74) is 3.77. The number of ketones is 1. The molecule has 0 amide bonds. The van der Waals surface area contributed by atoms with Crippen LogP contribution in [0.1, 0.15) is 56.1 Å². The lowest BCUT2D eigenvalue weighted by molar-refractivity contribution is -0.146. The van der Waals surface area contributed by atoms with E-state index >= 15 is 0 Å². The number of esters is 1. The summed E-state index contributed by atoms with van der Waals surface area (Å²) in [7, 11) is 0. The summed E-state index contributed by atoms with van der Waals surface area (Å²) in [5, 5.41) is 0.925. The molecular formula is C26H25Cl2NO3. The van der Waals surface area contributed by atoms with Crippen molar-refractivity contribution >= 4 is 40.7 Å². The van der Waals surface area contributed by atoms with Gasteiger partial charge in [0.1, 0.15) is 5.92 Å². The van der Waals surface area contributed by atoms with E-state index in [0.717, 1.165) is 11.3 Å². The number of carbonyl (C=O) groups is 2. The van der Waals surface area contributed by atoms with Crippen molar-refractivity contribution in [3.05, 3.63) is 81.0 Å². The monoisotopic (exact) mass is 469 g/mol. The van der Waals surface area contributed by atoms with Crippen LogP contribution in [-0.2, 0) is 14.3 Å². The van der Waals surface area contributed by atoms with E-state index in [9.17, 15) is 9.59 Å². The molecule has 3 unspecified atom stereocenters. The zero-order chi connectivity index (χ0) is 22.8. The van der Waals surface area contributed by atoms with Crippen molar-refractivity contribution < 1.29 is 14.3 Å². The number of hydrogen-bond donors (Lipinski definition) is 0. The lowest BCUT2D eigenvalue weighted by Gasteiger charge is -2.36. The molecule has 0 radical (unpaired) electrons. The molecule has 6 heteroatoms. The van der Waals surface area contributed by atoms with Gasteiger partial charge in [-0.2, -0.15) is 0 Å². The minimum Gasteiger partial charge on any atom is -0.465 e. The van der Waals surface area contributed by atoms with Crippen molar-refractivity contribution in [1.29, 1.82) is 0 Å². The molecule has 0 fully saturated rings. The first-order valence-electron chi connectivity index (χ1n) is 10.9. The highest BCUT2D eigenvalue weighted by atomic mass is 35.5. The van der Waals surface area contributed by atoms with Crippen LogP contribution >= 0.6 is 23.2 Å². The summed E-state index contributed by atoms with van der Waals surface area (Å²) < 4.78 is 5.50. The molecule has 1 aliphatic carbocycles. The van der Waals surface area contributed by atoms with E-state index < -0.39 is 11.8 Å². The molecule has 4 rings (SSSR count). The lowest BCUT2D eigenvalue weighted by Crippen LogP contribution is -2.38. The SMILES string of the molecule is CCCOC(=O)C1C(C)=NC2=C(C(=O)CC(c3ccccc3)C2)C1c1ccc(Cl)cc1Cl. The van der Waals surface area contributed by atoms with Crippen molar-refractivity contribution in [2.24, 2.45) is 10.9 Å². The summed E-state index contributed by atoms with van der Waals surface area (Å²) in [4.78, 5) is 31.4. The fourth-order valence-electron chi connectivity index (χ4n) is 4.71. The molecule has 0 saturated carbocycles. The Morgan fingerprint density at radius 1 is 1.12 bits per heavy atom. The predicted molar refractivity (Wildman–Crippen MR) is 128 cm³/mol. The van der Waals surface area contributed by atoms with E-state index in [-0.39, 0.29) is 17.7 Å². The number of allylic oxidation sites excluding steroid dienone is 2. The largest absolute Gasteiger partial charge is 0.465 e. The van der Waals surface area contributed by atoms with Crippen molar-refractivity contribution in [3.8, 4) is 0 Å². The maximum absolute atomic E-state index is 13.5. The van der Waals surface area contributed by atoms with Gasteiger partial charge in [0, 0.05) is 39.4 Å². The quantitative estimate of drug-likeness (QED) is 0.468. The highest BCUT2D eigenvalue weighted by Gasteiger charge is 2.45. The van der Waals surface area contributed by atoms with Gasteiger partial charge in [-0.25, -0.2) is 0 Å². The molecule has 0 bridgehead atoms. The summed E-state index contributed by atoms with van der Waals surface area (Å²) >= 11 is 12.7. The van der Waals surface area contributed by atoms with E-state index in [1.807, 2.05) is 44.2 Å². The number of Topliss-reactive ketones (excluding diaryl/α,β-unsaturated/α-hetero) is 1. The highest BCUT2D eigenvalue weighted by molar-refractivity contribution is 6.35. The van der Waals surface area contributed by atoms with Crippen molar-refractivity contribution in [1.82, 2.24) is 0 Å². The number of halogens is 2. The third kappa shape index (κ3) is 4.39. The number of benzene rings is 2. The molecule has 3 atom stereocenters. The zero-order valence-electron chi connectivity index (χ0n) is 18.1. The Balaban J connectivity index is 1.81. The fourth-order valence-corrected chi connectivity index (χ4v) is 5.23. The van der Waals surface area contributed by atoms with Gasteiger partial charge in [-0.05, 0) is 48.9 Å². The summed E-state index contributed by atoms with van der Waals surface area (Å²) in [6.07, 6.45) is 1.73. The summed E-state index contributed by atoms with van der Waals surface area (Å²) in [5.74, 6) is -1.56. The van der Waals surface area contributed by atoms with Crippen LogP contribution in [0.4, 0.5) is 0 Å². The van der Waals surface area contributed by atoms with Crippen LogP contribution in [0.2, 0.25) is 10.0 Å². The van der Waals surface area contributed by atoms with Crippen LogP contribution in [0.25, 0.3) is 0 Å². The van der Waals surface area contributed by atoms with Crippen LogP contribution in [0.3, 0.4) is 0 Å². The minimum atomic E-state index is -0.698. The minimum absolute atomic E-state index is 0.000612. The molecule has 2 aromatic carbocycles. The molecule has 2 aliphatic rings. The second-order valence-corrected chi connectivity index (χ2v) is 9.18. The van der Waals surface area contributed by atoms with Crippen LogP contribution in [-0.4, -0.2) is 24.1 Å². The third-order valence-corrected chi connectivity index (χ3v) is 6.72. The van der Waals surface area contributed by atoms with E-state index in [1.54, 1.807) is 18.2 Å². The molecule has 32 heavy (non-hydrogen) atoms. The fraction of sp³-hybridized carbons (Fsp3) is 0.346. The smallest absolute Gasteiger partial charge is 0.315 e. The Bertz CT molecular complexity index is 1110. The molecule has 2 aromatic rings. The van der Waals surface area contributed by atoms with Gasteiger partial charge in [-0.15, -0.1) is 0 Å². The Morgan fingerprint density at radius 2 is 1.88 bits per heavy atom. The number of ether oxygens (including phenoxy) is 1. The van der Waals surface area contributed by atoms with Gasteiger partial charge in [-0.3, -0.25) is 14.6 Å². The number of nitrogens with zero attached hydrogens (tertiary/aromatic N) is 1. The second-order valence-electron chi connectivity index (χ2n) is 8.34.